The zero-order valence-electron chi connectivity index (χ0n) is 26.3. The maximum absolute atomic E-state index is 3.71. The molecule has 0 bridgehead atoms. The summed E-state index contributed by atoms with van der Waals surface area (Å²) in [4.78, 5) is 0. The number of hydrogen-bond acceptors (Lipinski definition) is 1. The van der Waals surface area contributed by atoms with E-state index in [1.165, 1.54) is 76.6 Å². The smallest absolute Gasteiger partial charge is 0.0248 e. The van der Waals surface area contributed by atoms with E-state index in [0.29, 0.717) is 23.8 Å². The molecule has 1 aliphatic rings. The average Bonchev–Trinajstić information content (AvgIpc) is 3.51. The number of hydrogen-bond donors (Lipinski definition) is 1. The van der Waals surface area contributed by atoms with E-state index in [1.54, 1.807) is 0 Å². The van der Waals surface area contributed by atoms with Crippen LogP contribution in [0.2, 0.25) is 0 Å². The van der Waals surface area contributed by atoms with Crippen molar-refractivity contribution in [2.45, 2.75) is 91.5 Å². The Labute approximate surface area is 250 Å². The first-order valence-electron chi connectivity index (χ1n) is 15.9. The zero-order chi connectivity index (χ0) is 29.2. The highest BCUT2D eigenvalue weighted by Gasteiger charge is 2.29. The number of aryl methyl sites for hydroxylation is 4. The monoisotopic (exact) mass is 545 g/mol. The first kappa shape index (κ1) is 30.8. The van der Waals surface area contributed by atoms with Crippen molar-refractivity contribution in [1.29, 1.82) is 0 Å². The van der Waals surface area contributed by atoms with Gasteiger partial charge in [-0.15, -0.1) is 0 Å². The van der Waals surface area contributed by atoms with E-state index in [1.807, 2.05) is 0 Å². The summed E-state index contributed by atoms with van der Waals surface area (Å²) in [5.74, 6) is 1.66. The van der Waals surface area contributed by atoms with E-state index in [0.717, 1.165) is 6.54 Å². The topological polar surface area (TPSA) is 12.0 Å². The molecule has 0 saturated carbocycles. The van der Waals surface area contributed by atoms with Crippen molar-refractivity contribution in [2.24, 2.45) is 5.92 Å². The second-order valence-corrected chi connectivity index (χ2v) is 12.2. The van der Waals surface area contributed by atoms with Crippen LogP contribution in [0.1, 0.15) is 102 Å². The van der Waals surface area contributed by atoms with Gasteiger partial charge >= 0.3 is 0 Å². The second-order valence-electron chi connectivity index (χ2n) is 12.2. The van der Waals surface area contributed by atoms with E-state index in [4.69, 9.17) is 0 Å². The predicted molar refractivity (Wildman–Crippen MR) is 178 cm³/mol. The van der Waals surface area contributed by atoms with Gasteiger partial charge in [-0.05, 0) is 104 Å². The van der Waals surface area contributed by atoms with Crippen LogP contribution in [0.15, 0.2) is 97.1 Å². The van der Waals surface area contributed by atoms with Gasteiger partial charge in [-0.25, -0.2) is 0 Å². The van der Waals surface area contributed by atoms with E-state index >= 15 is 0 Å². The molecule has 2 unspecified atom stereocenters. The number of rotatable bonds is 9. The van der Waals surface area contributed by atoms with Crippen LogP contribution < -0.4 is 5.32 Å². The molecule has 1 N–H and O–H groups in total. The third-order valence-electron chi connectivity index (χ3n) is 9.18. The van der Waals surface area contributed by atoms with Crippen LogP contribution in [0.3, 0.4) is 0 Å². The summed E-state index contributed by atoms with van der Waals surface area (Å²) in [6.45, 7) is 14.8. The second kappa shape index (κ2) is 15.2. The van der Waals surface area contributed by atoms with Gasteiger partial charge in [0.1, 0.15) is 0 Å². The molecule has 1 saturated heterocycles. The van der Waals surface area contributed by atoms with Crippen molar-refractivity contribution >= 4 is 0 Å². The van der Waals surface area contributed by atoms with Gasteiger partial charge in [0, 0.05) is 17.9 Å². The molecule has 2 atom stereocenters. The van der Waals surface area contributed by atoms with Crippen molar-refractivity contribution in [3.8, 4) is 0 Å². The van der Waals surface area contributed by atoms with E-state index in [9.17, 15) is 0 Å². The normalized spacial score (nSPS) is 15.6. The van der Waals surface area contributed by atoms with Crippen molar-refractivity contribution < 1.29 is 0 Å². The molecule has 0 radical (unpaired) electrons. The molecule has 0 amide bonds. The van der Waals surface area contributed by atoms with E-state index in [-0.39, 0.29) is 0 Å². The Balaban J connectivity index is 0.000000189. The summed E-state index contributed by atoms with van der Waals surface area (Å²) in [5, 5.41) is 3.71. The largest absolute Gasteiger partial charge is 0.313 e. The quantitative estimate of drug-likeness (QED) is 0.221. The molecule has 4 aromatic rings. The molecule has 41 heavy (non-hydrogen) atoms. The number of nitrogens with one attached hydrogen (secondary N) is 1. The lowest BCUT2D eigenvalue weighted by atomic mass is 9.76. The van der Waals surface area contributed by atoms with Crippen LogP contribution in [-0.2, 0) is 0 Å². The Kier molecular flexibility index (Phi) is 11.4. The summed E-state index contributed by atoms with van der Waals surface area (Å²) >= 11 is 0. The summed E-state index contributed by atoms with van der Waals surface area (Å²) in [7, 11) is 0. The molecule has 1 aliphatic heterocycles. The fourth-order valence-electron chi connectivity index (χ4n) is 6.81. The van der Waals surface area contributed by atoms with Gasteiger partial charge in [0.05, 0.1) is 0 Å². The molecule has 0 aromatic heterocycles. The Morgan fingerprint density at radius 1 is 0.634 bits per heavy atom. The van der Waals surface area contributed by atoms with E-state index in [2.05, 4.69) is 144 Å². The maximum atomic E-state index is 3.71. The highest BCUT2D eigenvalue weighted by molar-refractivity contribution is 5.43. The van der Waals surface area contributed by atoms with Crippen LogP contribution in [0.5, 0.6) is 0 Å². The molecular formula is C40H51N. The summed E-state index contributed by atoms with van der Waals surface area (Å²) in [5.41, 5.74) is 11.6. The third-order valence-corrected chi connectivity index (χ3v) is 9.18. The van der Waals surface area contributed by atoms with Crippen LogP contribution >= 0.6 is 0 Å². The van der Waals surface area contributed by atoms with Gasteiger partial charge < -0.3 is 5.32 Å². The minimum Gasteiger partial charge on any atom is -0.313 e. The molecule has 1 heterocycles. The predicted octanol–water partition coefficient (Wildman–Crippen LogP) is 10.4. The van der Waals surface area contributed by atoms with Gasteiger partial charge in [-0.2, -0.15) is 0 Å². The van der Waals surface area contributed by atoms with Gasteiger partial charge in [0.25, 0.3) is 0 Å². The lowest BCUT2D eigenvalue weighted by Crippen LogP contribution is -2.30. The van der Waals surface area contributed by atoms with Crippen molar-refractivity contribution in [1.82, 2.24) is 5.32 Å². The molecule has 216 valence electrons. The van der Waals surface area contributed by atoms with E-state index < -0.39 is 0 Å². The van der Waals surface area contributed by atoms with Gasteiger partial charge in [0.2, 0.25) is 0 Å². The Morgan fingerprint density at radius 3 is 1.41 bits per heavy atom. The SMILES string of the molecule is CCCCC(C)C(c1ccccc1C)c1ccccc1C.Cc1ccccc1C(c1ccccc1C)C1CCCN1. The summed E-state index contributed by atoms with van der Waals surface area (Å²) in [6, 6.07) is 36.0. The van der Waals surface area contributed by atoms with Crippen molar-refractivity contribution in [2.75, 3.05) is 6.54 Å². The number of unbranched alkanes of at least 4 members (excludes halogenated alkanes) is 1. The third kappa shape index (κ3) is 7.77. The lowest BCUT2D eigenvalue weighted by molar-refractivity contribution is 0.453. The molecule has 0 aliphatic carbocycles. The first-order chi connectivity index (χ1) is 19.9. The zero-order valence-corrected chi connectivity index (χ0v) is 26.3. The Bertz CT molecular complexity index is 1270. The maximum Gasteiger partial charge on any atom is 0.0248 e. The summed E-state index contributed by atoms with van der Waals surface area (Å²) < 4.78 is 0. The molecule has 1 fully saturated rings. The average molecular weight is 546 g/mol. The van der Waals surface area contributed by atoms with Gasteiger partial charge in [0.15, 0.2) is 0 Å². The van der Waals surface area contributed by atoms with Crippen LogP contribution in [-0.4, -0.2) is 12.6 Å². The molecule has 1 heteroatoms. The lowest BCUT2D eigenvalue weighted by Gasteiger charge is -2.28. The van der Waals surface area contributed by atoms with Crippen LogP contribution in [0, 0.1) is 33.6 Å². The van der Waals surface area contributed by atoms with Gasteiger partial charge in [-0.3, -0.25) is 0 Å². The highest BCUT2D eigenvalue weighted by atomic mass is 14.9. The molecule has 4 aromatic carbocycles. The Hall–Kier alpha value is -3.16. The summed E-state index contributed by atoms with van der Waals surface area (Å²) in [6.07, 6.45) is 6.45. The van der Waals surface area contributed by atoms with Crippen molar-refractivity contribution in [3.63, 3.8) is 0 Å². The molecule has 5 rings (SSSR count). The standard InChI is InChI=1S/C21H28.C19H23N/c1-5-6-11-18(4)21(19-14-9-7-12-16(19)2)20-15-10-8-13-17(20)3;1-14-8-3-5-10-16(14)19(18-12-7-13-20-18)17-11-6-4-9-15(17)2/h7-10,12-15,18,21H,5-6,11H2,1-4H3;3-6,8-11,18-20H,7,12-13H2,1-2H3. The van der Waals surface area contributed by atoms with Gasteiger partial charge in [-0.1, -0.05) is 124 Å². The molecule has 1 nitrogen and oxygen atoms in total. The fourth-order valence-corrected chi connectivity index (χ4v) is 6.81. The number of benzene rings is 4. The molecule has 0 spiro atoms. The highest BCUT2D eigenvalue weighted by Crippen LogP contribution is 2.38. The fraction of sp³-hybridized carbons (Fsp3) is 0.400. The first-order valence-corrected chi connectivity index (χ1v) is 15.9. The van der Waals surface area contributed by atoms with Crippen LogP contribution in [0.25, 0.3) is 0 Å². The molecular weight excluding hydrogens is 494 g/mol. The Morgan fingerprint density at radius 2 is 1.05 bits per heavy atom. The minimum absolute atomic E-state index is 0.472. The minimum atomic E-state index is 0.472. The van der Waals surface area contributed by atoms with Crippen LogP contribution in [0.4, 0.5) is 0 Å². The van der Waals surface area contributed by atoms with Crippen molar-refractivity contribution in [3.05, 3.63) is 142 Å².